The molecule has 164 valence electrons. The van der Waals surface area contributed by atoms with Gasteiger partial charge in [0, 0.05) is 6.92 Å². The maximum absolute atomic E-state index is 13.9. The van der Waals surface area contributed by atoms with E-state index in [0.29, 0.717) is 0 Å². The molecule has 1 N–H and O–H groups in total. The van der Waals surface area contributed by atoms with Gasteiger partial charge in [-0.05, 0) is 29.8 Å². The Morgan fingerprint density at radius 1 is 1.06 bits per heavy atom. The number of nitrogens with zero attached hydrogens (tertiary/aromatic N) is 3. The van der Waals surface area contributed by atoms with Crippen LogP contribution in [0.2, 0.25) is 0 Å². The van der Waals surface area contributed by atoms with Crippen LogP contribution in [0.4, 0.5) is 27.1 Å². The third-order valence-electron chi connectivity index (χ3n) is 4.23. The number of aryl methyl sites for hydroxylation is 1. The Balaban J connectivity index is 1.78. The number of nitrogens with one attached hydrogen (secondary N) is 1. The van der Waals surface area contributed by atoms with Crippen molar-refractivity contribution in [1.82, 2.24) is 15.1 Å². The van der Waals surface area contributed by atoms with Gasteiger partial charge in [-0.3, -0.25) is 10.1 Å². The number of alkyl halides is 3. The van der Waals surface area contributed by atoms with Crippen LogP contribution in [-0.2, 0) is 6.18 Å². The van der Waals surface area contributed by atoms with E-state index >= 15 is 0 Å². The Morgan fingerprint density at radius 3 is 2.38 bits per heavy atom. The van der Waals surface area contributed by atoms with Crippen molar-refractivity contribution in [2.24, 2.45) is 0 Å². The van der Waals surface area contributed by atoms with Gasteiger partial charge in [-0.15, -0.1) is 0 Å². The molecule has 0 bridgehead atoms. The van der Waals surface area contributed by atoms with Crippen LogP contribution >= 0.6 is 11.3 Å². The van der Waals surface area contributed by atoms with Crippen molar-refractivity contribution < 1.29 is 31.3 Å². The average molecular weight is 466 g/mol. The zero-order chi connectivity index (χ0) is 23.0. The third kappa shape index (κ3) is 4.21. The van der Waals surface area contributed by atoms with E-state index in [2.05, 4.69) is 20.4 Å². The highest BCUT2D eigenvalue weighted by atomic mass is 32.1. The van der Waals surface area contributed by atoms with Gasteiger partial charge in [0.2, 0.25) is 11.7 Å². The molecule has 0 unspecified atom stereocenters. The minimum absolute atomic E-state index is 0.0243. The zero-order valence-electron chi connectivity index (χ0n) is 16.0. The largest absolute Gasteiger partial charge is 0.416 e. The smallest absolute Gasteiger partial charge is 0.339 e. The molecule has 4 rings (SSSR count). The number of thiazole rings is 1. The second-order valence-electron chi connectivity index (χ2n) is 6.46. The highest BCUT2D eigenvalue weighted by Gasteiger charge is 2.31. The van der Waals surface area contributed by atoms with Crippen LogP contribution in [0, 0.1) is 18.6 Å². The molecule has 0 radical (unpaired) electrons. The molecule has 2 heterocycles. The average Bonchev–Trinajstić information content (AvgIpc) is 3.33. The molecular weight excluding hydrogens is 455 g/mol. The van der Waals surface area contributed by atoms with E-state index in [1.807, 2.05) is 0 Å². The first-order valence-corrected chi connectivity index (χ1v) is 9.69. The summed E-state index contributed by atoms with van der Waals surface area (Å²) in [6.07, 6.45) is -4.58. The number of benzene rings is 2. The number of rotatable bonds is 4. The van der Waals surface area contributed by atoms with Crippen LogP contribution < -0.4 is 5.32 Å². The van der Waals surface area contributed by atoms with Gasteiger partial charge in [0.25, 0.3) is 5.91 Å². The summed E-state index contributed by atoms with van der Waals surface area (Å²) in [5, 5.41) is 5.87. The Hall–Kier alpha value is -3.67. The Bertz CT molecular complexity index is 1300. The van der Waals surface area contributed by atoms with Crippen LogP contribution in [0.3, 0.4) is 0 Å². The normalized spacial score (nSPS) is 11.6. The molecule has 0 saturated heterocycles. The Kier molecular flexibility index (Phi) is 5.46. The number of hydrogen-bond acceptors (Lipinski definition) is 6. The van der Waals surface area contributed by atoms with Crippen molar-refractivity contribution in [3.05, 3.63) is 71.1 Å². The van der Waals surface area contributed by atoms with Gasteiger partial charge in [-0.25, -0.2) is 13.8 Å². The maximum Gasteiger partial charge on any atom is 0.416 e. The van der Waals surface area contributed by atoms with Gasteiger partial charge in [0.15, 0.2) is 5.13 Å². The highest BCUT2D eigenvalue weighted by Crippen LogP contribution is 2.40. The minimum Gasteiger partial charge on any atom is -0.339 e. The number of halogens is 5. The molecule has 1 amide bonds. The molecule has 32 heavy (non-hydrogen) atoms. The molecule has 0 aliphatic carbocycles. The number of amides is 1. The number of carbonyl (C=O) groups excluding carboxylic acids is 1. The SMILES string of the molecule is Cc1nc(-c2nc(NC(=O)c3c(F)cccc3F)sc2-c2cccc(C(F)(F)F)c2)no1. The summed E-state index contributed by atoms with van der Waals surface area (Å²) in [7, 11) is 0. The molecular formula is C20H11F5N4O2S. The lowest BCUT2D eigenvalue weighted by Gasteiger charge is -2.08. The lowest BCUT2D eigenvalue weighted by Crippen LogP contribution is -2.15. The fraction of sp³-hybridized carbons (Fsp3) is 0.100. The topological polar surface area (TPSA) is 80.9 Å². The van der Waals surface area contributed by atoms with E-state index in [4.69, 9.17) is 4.52 Å². The first-order valence-electron chi connectivity index (χ1n) is 8.88. The van der Waals surface area contributed by atoms with Gasteiger partial charge >= 0.3 is 6.18 Å². The fourth-order valence-electron chi connectivity index (χ4n) is 2.83. The number of anilines is 1. The molecule has 0 aliphatic rings. The highest BCUT2D eigenvalue weighted by molar-refractivity contribution is 7.19. The molecule has 2 aromatic heterocycles. The number of hydrogen-bond donors (Lipinski definition) is 1. The van der Waals surface area contributed by atoms with Crippen LogP contribution in [0.25, 0.3) is 22.0 Å². The molecule has 0 aliphatic heterocycles. The maximum atomic E-state index is 13.9. The predicted molar refractivity (Wildman–Crippen MR) is 105 cm³/mol. The summed E-state index contributed by atoms with van der Waals surface area (Å²) in [6.45, 7) is 1.51. The van der Waals surface area contributed by atoms with Gasteiger partial charge in [-0.1, -0.05) is 34.7 Å². The van der Waals surface area contributed by atoms with Gasteiger partial charge in [-0.2, -0.15) is 18.2 Å². The van der Waals surface area contributed by atoms with E-state index in [-0.39, 0.29) is 33.0 Å². The van der Waals surface area contributed by atoms with Crippen molar-refractivity contribution in [3.8, 4) is 22.0 Å². The van der Waals surface area contributed by atoms with Crippen LogP contribution in [-0.4, -0.2) is 21.0 Å². The summed E-state index contributed by atoms with van der Waals surface area (Å²) >= 11 is 0.794. The van der Waals surface area contributed by atoms with Crippen LogP contribution in [0.15, 0.2) is 47.0 Å². The molecule has 0 fully saturated rings. The summed E-state index contributed by atoms with van der Waals surface area (Å²) in [6, 6.07) is 7.39. The van der Waals surface area contributed by atoms with Crippen LogP contribution in [0.5, 0.6) is 0 Å². The van der Waals surface area contributed by atoms with Gasteiger partial charge < -0.3 is 4.52 Å². The van der Waals surface area contributed by atoms with Gasteiger partial charge in [0.1, 0.15) is 22.9 Å². The second kappa shape index (κ2) is 8.11. The molecule has 4 aromatic rings. The Labute approximate surface area is 180 Å². The summed E-state index contributed by atoms with van der Waals surface area (Å²) < 4.78 is 72.3. The van der Waals surface area contributed by atoms with Gasteiger partial charge in [0.05, 0.1) is 10.4 Å². The first kappa shape index (κ1) is 21.6. The molecule has 0 spiro atoms. The van der Waals surface area contributed by atoms with E-state index in [1.165, 1.54) is 19.1 Å². The van der Waals surface area contributed by atoms with E-state index < -0.39 is 34.8 Å². The first-order chi connectivity index (χ1) is 15.1. The zero-order valence-corrected chi connectivity index (χ0v) is 16.8. The van der Waals surface area contributed by atoms with E-state index in [1.54, 1.807) is 0 Å². The molecule has 6 nitrogen and oxygen atoms in total. The second-order valence-corrected chi connectivity index (χ2v) is 7.46. The van der Waals surface area contributed by atoms with Crippen molar-refractivity contribution >= 4 is 22.4 Å². The number of carbonyl (C=O) groups is 1. The molecule has 2 aromatic carbocycles. The van der Waals surface area contributed by atoms with Crippen molar-refractivity contribution in [1.29, 1.82) is 0 Å². The predicted octanol–water partition coefficient (Wildman–Crippen LogP) is 5.72. The standard InChI is InChI=1S/C20H11F5N4O2S/c1-9-26-17(29-31-9)15-16(10-4-2-5-11(8-10)20(23,24)25)32-19(27-15)28-18(30)14-12(21)6-3-7-13(14)22/h2-8H,1H3,(H,27,28,30). The summed E-state index contributed by atoms with van der Waals surface area (Å²) in [4.78, 5) is 20.8. The fourth-order valence-corrected chi connectivity index (χ4v) is 3.78. The molecule has 12 heteroatoms. The minimum atomic E-state index is -4.58. The monoisotopic (exact) mass is 466 g/mol. The van der Waals surface area contributed by atoms with Crippen molar-refractivity contribution in [3.63, 3.8) is 0 Å². The lowest BCUT2D eigenvalue weighted by atomic mass is 10.1. The number of aromatic nitrogens is 3. The summed E-state index contributed by atoms with van der Waals surface area (Å²) in [5.41, 5.74) is -1.54. The molecule has 0 saturated carbocycles. The molecule has 0 atom stereocenters. The van der Waals surface area contributed by atoms with Crippen molar-refractivity contribution in [2.45, 2.75) is 13.1 Å². The van der Waals surface area contributed by atoms with E-state index in [9.17, 15) is 26.7 Å². The van der Waals surface area contributed by atoms with Crippen LogP contribution in [0.1, 0.15) is 21.8 Å². The third-order valence-corrected chi connectivity index (χ3v) is 5.25. The Morgan fingerprint density at radius 2 is 1.75 bits per heavy atom. The lowest BCUT2D eigenvalue weighted by molar-refractivity contribution is -0.137. The van der Waals surface area contributed by atoms with E-state index in [0.717, 1.165) is 41.7 Å². The summed E-state index contributed by atoms with van der Waals surface area (Å²) in [5.74, 6) is -3.11. The quantitative estimate of drug-likeness (QED) is 0.389. The van der Waals surface area contributed by atoms with Crippen molar-refractivity contribution in [2.75, 3.05) is 5.32 Å².